The Hall–Kier alpha value is -2.12. The number of pyridine rings is 1. The van der Waals surface area contributed by atoms with E-state index in [2.05, 4.69) is 10.3 Å². The molecule has 0 aliphatic heterocycles. The highest BCUT2D eigenvalue weighted by Gasteiger charge is 2.03. The van der Waals surface area contributed by atoms with Crippen molar-refractivity contribution in [2.45, 2.75) is 0 Å². The van der Waals surface area contributed by atoms with Crippen LogP contribution in [-0.2, 0) is 0 Å². The fourth-order valence-corrected chi connectivity index (χ4v) is 1.44. The highest BCUT2D eigenvalue weighted by molar-refractivity contribution is 6.30. The van der Waals surface area contributed by atoms with Gasteiger partial charge in [0.25, 0.3) is 0 Å². The summed E-state index contributed by atoms with van der Waals surface area (Å²) in [5.74, 6) is 0.0331. The molecule has 84 valence electrons. The van der Waals surface area contributed by atoms with E-state index in [4.69, 9.17) is 16.9 Å². The first-order valence-corrected chi connectivity index (χ1v) is 5.15. The molecule has 0 saturated heterocycles. The zero-order valence-electron chi connectivity index (χ0n) is 8.61. The van der Waals surface area contributed by atoms with E-state index in [0.29, 0.717) is 16.4 Å². The second-order valence-electron chi connectivity index (χ2n) is 3.29. The normalized spacial score (nSPS) is 9.71. The Balaban J connectivity index is 2.25. The third-order valence-electron chi connectivity index (χ3n) is 2.08. The van der Waals surface area contributed by atoms with Crippen molar-refractivity contribution in [2.24, 2.45) is 0 Å². The van der Waals surface area contributed by atoms with Gasteiger partial charge in [-0.05, 0) is 30.3 Å². The highest BCUT2D eigenvalue weighted by Crippen LogP contribution is 2.22. The zero-order chi connectivity index (χ0) is 12.3. The van der Waals surface area contributed by atoms with Crippen LogP contribution in [0.3, 0.4) is 0 Å². The molecule has 0 aliphatic carbocycles. The minimum Gasteiger partial charge on any atom is -0.338 e. The second kappa shape index (κ2) is 4.81. The van der Waals surface area contributed by atoms with Crippen molar-refractivity contribution in [3.05, 3.63) is 52.9 Å². The smallest absolute Gasteiger partial charge is 0.146 e. The number of anilines is 2. The van der Waals surface area contributed by atoms with Gasteiger partial charge in [-0.15, -0.1) is 0 Å². The number of hydrogen-bond acceptors (Lipinski definition) is 3. The fourth-order valence-electron chi connectivity index (χ4n) is 1.27. The van der Waals surface area contributed by atoms with Gasteiger partial charge in [-0.2, -0.15) is 5.26 Å². The van der Waals surface area contributed by atoms with E-state index in [-0.39, 0.29) is 5.69 Å². The SMILES string of the molecule is N#Cc1ccc(Nc2cc(Cl)ccc2F)nc1. The summed E-state index contributed by atoms with van der Waals surface area (Å²) in [4.78, 5) is 3.97. The van der Waals surface area contributed by atoms with Gasteiger partial charge >= 0.3 is 0 Å². The molecular formula is C12H7ClFN3. The summed E-state index contributed by atoms with van der Waals surface area (Å²) in [6, 6.07) is 9.35. The van der Waals surface area contributed by atoms with Gasteiger partial charge in [-0.3, -0.25) is 0 Å². The maximum Gasteiger partial charge on any atom is 0.146 e. The van der Waals surface area contributed by atoms with Gasteiger partial charge in [-0.1, -0.05) is 11.6 Å². The van der Waals surface area contributed by atoms with Crippen LogP contribution in [0, 0.1) is 17.1 Å². The summed E-state index contributed by atoms with van der Waals surface area (Å²) in [6.45, 7) is 0. The van der Waals surface area contributed by atoms with E-state index in [9.17, 15) is 4.39 Å². The molecule has 1 aromatic carbocycles. The van der Waals surface area contributed by atoms with Gasteiger partial charge in [-0.25, -0.2) is 9.37 Å². The molecule has 5 heteroatoms. The molecule has 2 rings (SSSR count). The third-order valence-corrected chi connectivity index (χ3v) is 2.32. The van der Waals surface area contributed by atoms with E-state index < -0.39 is 5.82 Å². The van der Waals surface area contributed by atoms with Crippen molar-refractivity contribution in [2.75, 3.05) is 5.32 Å². The summed E-state index contributed by atoms with van der Waals surface area (Å²) in [6.07, 6.45) is 1.41. The first-order valence-electron chi connectivity index (χ1n) is 4.77. The van der Waals surface area contributed by atoms with Crippen LogP contribution in [-0.4, -0.2) is 4.98 Å². The molecule has 1 heterocycles. The zero-order valence-corrected chi connectivity index (χ0v) is 9.37. The fraction of sp³-hybridized carbons (Fsp3) is 0. The monoisotopic (exact) mass is 247 g/mol. The summed E-state index contributed by atoms with van der Waals surface area (Å²) >= 11 is 5.76. The molecule has 0 amide bonds. The quantitative estimate of drug-likeness (QED) is 0.884. The van der Waals surface area contributed by atoms with Crippen LogP contribution in [0.15, 0.2) is 36.5 Å². The van der Waals surface area contributed by atoms with Crippen molar-refractivity contribution >= 4 is 23.1 Å². The molecule has 3 nitrogen and oxygen atoms in total. The molecule has 0 saturated carbocycles. The summed E-state index contributed by atoms with van der Waals surface area (Å²) in [5, 5.41) is 11.8. The minimum absolute atomic E-state index is 0.245. The van der Waals surface area contributed by atoms with Crippen molar-refractivity contribution in [3.63, 3.8) is 0 Å². The van der Waals surface area contributed by atoms with Gasteiger partial charge in [0.05, 0.1) is 11.3 Å². The maximum absolute atomic E-state index is 13.4. The lowest BCUT2D eigenvalue weighted by atomic mass is 10.3. The van der Waals surface area contributed by atoms with Crippen molar-refractivity contribution < 1.29 is 4.39 Å². The maximum atomic E-state index is 13.4. The molecule has 0 fully saturated rings. The Morgan fingerprint density at radius 3 is 2.76 bits per heavy atom. The lowest BCUT2D eigenvalue weighted by Gasteiger charge is -2.06. The number of halogens is 2. The molecule has 1 N–H and O–H groups in total. The number of nitriles is 1. The van der Waals surface area contributed by atoms with E-state index in [1.165, 1.54) is 24.4 Å². The Morgan fingerprint density at radius 2 is 2.12 bits per heavy atom. The molecule has 0 unspecified atom stereocenters. The third kappa shape index (κ3) is 2.71. The number of hydrogen-bond donors (Lipinski definition) is 1. The molecule has 1 aromatic heterocycles. The second-order valence-corrected chi connectivity index (χ2v) is 3.73. The van der Waals surface area contributed by atoms with Crippen molar-refractivity contribution in [3.8, 4) is 6.07 Å². The van der Waals surface area contributed by atoms with Gasteiger partial charge < -0.3 is 5.32 Å². The highest BCUT2D eigenvalue weighted by atomic mass is 35.5. The number of aromatic nitrogens is 1. The van der Waals surface area contributed by atoms with Crippen molar-refractivity contribution in [1.29, 1.82) is 5.26 Å². The summed E-state index contributed by atoms with van der Waals surface area (Å²) in [7, 11) is 0. The van der Waals surface area contributed by atoms with Crippen LogP contribution in [0.5, 0.6) is 0 Å². The first kappa shape index (κ1) is 11.4. The number of rotatable bonds is 2. The van der Waals surface area contributed by atoms with Crippen LogP contribution >= 0.6 is 11.6 Å². The van der Waals surface area contributed by atoms with E-state index in [1.807, 2.05) is 6.07 Å². The Bertz CT molecular complexity index is 575. The summed E-state index contributed by atoms with van der Waals surface area (Å²) in [5.41, 5.74) is 0.692. The van der Waals surface area contributed by atoms with Gasteiger partial charge in [0.2, 0.25) is 0 Å². The van der Waals surface area contributed by atoms with Crippen LogP contribution in [0.25, 0.3) is 0 Å². The molecule has 0 radical (unpaired) electrons. The molecule has 0 atom stereocenters. The van der Waals surface area contributed by atoms with Crippen LogP contribution in [0.1, 0.15) is 5.56 Å². The average Bonchev–Trinajstić information content (AvgIpc) is 2.35. The number of benzene rings is 1. The van der Waals surface area contributed by atoms with Gasteiger partial charge in [0.1, 0.15) is 17.7 Å². The van der Waals surface area contributed by atoms with E-state index in [0.717, 1.165) is 0 Å². The van der Waals surface area contributed by atoms with Crippen LogP contribution in [0.4, 0.5) is 15.9 Å². The number of nitrogens with one attached hydrogen (secondary N) is 1. The van der Waals surface area contributed by atoms with Crippen molar-refractivity contribution in [1.82, 2.24) is 4.98 Å². The largest absolute Gasteiger partial charge is 0.338 e. The lowest BCUT2D eigenvalue weighted by Crippen LogP contribution is -1.96. The number of nitrogens with zero attached hydrogens (tertiary/aromatic N) is 2. The Kier molecular flexibility index (Phi) is 3.22. The molecule has 17 heavy (non-hydrogen) atoms. The molecular weight excluding hydrogens is 241 g/mol. The molecule has 0 aliphatic rings. The van der Waals surface area contributed by atoms with E-state index in [1.54, 1.807) is 12.1 Å². The minimum atomic E-state index is -0.416. The summed E-state index contributed by atoms with van der Waals surface area (Å²) < 4.78 is 13.4. The van der Waals surface area contributed by atoms with Crippen LogP contribution < -0.4 is 5.32 Å². The van der Waals surface area contributed by atoms with E-state index >= 15 is 0 Å². The molecule has 0 spiro atoms. The predicted octanol–water partition coefficient (Wildman–Crippen LogP) is 3.49. The Labute approximate surface area is 102 Å². The standard InChI is InChI=1S/C12H7ClFN3/c13-9-2-3-10(14)11(5-9)17-12-4-1-8(6-15)7-16-12/h1-5,7H,(H,16,17). The topological polar surface area (TPSA) is 48.7 Å². The predicted molar refractivity (Wildman–Crippen MR) is 63.6 cm³/mol. The lowest BCUT2D eigenvalue weighted by molar-refractivity contribution is 0.632. The van der Waals surface area contributed by atoms with Gasteiger partial charge in [0.15, 0.2) is 0 Å². The van der Waals surface area contributed by atoms with Crippen LogP contribution in [0.2, 0.25) is 5.02 Å². The molecule has 0 bridgehead atoms. The molecule has 2 aromatic rings. The first-order chi connectivity index (χ1) is 8.19. The van der Waals surface area contributed by atoms with Gasteiger partial charge in [0, 0.05) is 11.2 Å². The Morgan fingerprint density at radius 1 is 1.29 bits per heavy atom. The average molecular weight is 248 g/mol.